The van der Waals surface area contributed by atoms with Gasteiger partial charge in [-0.1, -0.05) is 23.8 Å². The summed E-state index contributed by atoms with van der Waals surface area (Å²) in [6.45, 7) is 3.22. The second kappa shape index (κ2) is 11.5. The van der Waals surface area contributed by atoms with Crippen molar-refractivity contribution in [1.29, 1.82) is 0 Å². The van der Waals surface area contributed by atoms with Crippen LogP contribution in [-0.4, -0.2) is 61.4 Å². The lowest BCUT2D eigenvalue weighted by Crippen LogP contribution is -2.28. The molecule has 3 aromatic rings. The Kier molecular flexibility index (Phi) is 8.50. The number of aromatic nitrogens is 3. The Morgan fingerprint density at radius 1 is 1.12 bits per heavy atom. The maximum absolute atomic E-state index is 12.9. The fourth-order valence-corrected chi connectivity index (χ4v) is 3.89. The van der Waals surface area contributed by atoms with Crippen LogP contribution in [0.4, 0.5) is 5.82 Å². The van der Waals surface area contributed by atoms with E-state index in [1.54, 1.807) is 36.7 Å². The average molecular weight is 485 g/mol. The first-order valence-electron chi connectivity index (χ1n) is 10.7. The minimum absolute atomic E-state index is 0.0179. The number of sulfonamides is 1. The lowest BCUT2D eigenvalue weighted by molar-refractivity contribution is 0.0945. The van der Waals surface area contributed by atoms with Gasteiger partial charge in [0.2, 0.25) is 5.82 Å². The predicted molar refractivity (Wildman–Crippen MR) is 128 cm³/mol. The van der Waals surface area contributed by atoms with Crippen LogP contribution in [0.2, 0.25) is 0 Å². The minimum atomic E-state index is -3.94. The van der Waals surface area contributed by atoms with Gasteiger partial charge >= 0.3 is 0 Å². The molecule has 0 aliphatic heterocycles. The molecular formula is C23H28N6O4S. The second-order valence-electron chi connectivity index (χ2n) is 7.89. The van der Waals surface area contributed by atoms with Gasteiger partial charge in [-0.3, -0.25) is 14.5 Å². The molecule has 11 heteroatoms. The topological polar surface area (TPSA) is 126 Å². The van der Waals surface area contributed by atoms with Crippen molar-refractivity contribution in [2.24, 2.45) is 0 Å². The van der Waals surface area contributed by atoms with E-state index in [4.69, 9.17) is 4.74 Å². The van der Waals surface area contributed by atoms with Crippen molar-refractivity contribution in [3.63, 3.8) is 0 Å². The summed E-state index contributed by atoms with van der Waals surface area (Å²) in [4.78, 5) is 27.0. The molecule has 2 heterocycles. The van der Waals surface area contributed by atoms with E-state index < -0.39 is 15.9 Å². The maximum atomic E-state index is 12.9. The first kappa shape index (κ1) is 25.1. The third kappa shape index (κ3) is 7.22. The molecule has 0 bridgehead atoms. The van der Waals surface area contributed by atoms with Crippen LogP contribution < -0.4 is 14.8 Å². The Balaban J connectivity index is 1.82. The molecule has 0 unspecified atom stereocenters. The summed E-state index contributed by atoms with van der Waals surface area (Å²) in [5.41, 5.74) is 1.69. The lowest BCUT2D eigenvalue weighted by atomic mass is 10.2. The van der Waals surface area contributed by atoms with Gasteiger partial charge in [0.05, 0.1) is 11.1 Å². The molecular weight excluding hydrogens is 456 g/mol. The molecule has 0 saturated carbocycles. The number of carbonyl (C=O) groups excluding carboxylic acids is 1. The third-order valence-electron chi connectivity index (χ3n) is 4.70. The lowest BCUT2D eigenvalue weighted by Gasteiger charge is -2.14. The van der Waals surface area contributed by atoms with Crippen molar-refractivity contribution >= 4 is 21.7 Å². The van der Waals surface area contributed by atoms with Crippen LogP contribution in [-0.2, 0) is 16.6 Å². The number of anilines is 1. The van der Waals surface area contributed by atoms with E-state index in [1.165, 1.54) is 18.3 Å². The van der Waals surface area contributed by atoms with Gasteiger partial charge in [0.25, 0.3) is 21.8 Å². The van der Waals surface area contributed by atoms with E-state index in [0.29, 0.717) is 6.54 Å². The maximum Gasteiger partial charge on any atom is 0.271 e. The number of carbonyl (C=O) groups is 1. The number of nitrogens with zero attached hydrogens (tertiary/aromatic N) is 4. The van der Waals surface area contributed by atoms with Crippen LogP contribution in [0.15, 0.2) is 59.9 Å². The number of ether oxygens (including phenoxy) is 1. The molecule has 0 fully saturated rings. The molecule has 10 nitrogen and oxygen atoms in total. The Hall–Kier alpha value is -3.57. The second-order valence-corrected chi connectivity index (χ2v) is 9.57. The highest BCUT2D eigenvalue weighted by molar-refractivity contribution is 7.92. The largest absolute Gasteiger partial charge is 0.470 e. The number of hydrogen-bond donors (Lipinski definition) is 2. The number of rotatable bonds is 11. The van der Waals surface area contributed by atoms with E-state index in [1.807, 2.05) is 25.9 Å². The number of benzene rings is 1. The fraction of sp³-hybridized carbons (Fsp3) is 0.304. The fourth-order valence-electron chi connectivity index (χ4n) is 2.88. The predicted octanol–water partition coefficient (Wildman–Crippen LogP) is 2.24. The van der Waals surface area contributed by atoms with Gasteiger partial charge in [-0.25, -0.2) is 18.4 Å². The molecule has 0 spiro atoms. The van der Waals surface area contributed by atoms with Crippen LogP contribution in [0, 0.1) is 6.92 Å². The highest BCUT2D eigenvalue weighted by atomic mass is 32.2. The Morgan fingerprint density at radius 2 is 1.88 bits per heavy atom. The Labute approximate surface area is 199 Å². The zero-order chi connectivity index (χ0) is 24.6. The average Bonchev–Trinajstić information content (AvgIpc) is 2.81. The SMILES string of the molecule is Cc1ccc(S(=O)(=O)Nc2ncc(C(=O)NCCCN(C)C)nc2OCc2cccnc2)cc1. The molecule has 0 atom stereocenters. The highest BCUT2D eigenvalue weighted by Gasteiger charge is 2.21. The Bertz CT molecular complexity index is 1200. The summed E-state index contributed by atoms with van der Waals surface area (Å²) in [7, 11) is -0.0366. The van der Waals surface area contributed by atoms with Crippen LogP contribution in [0.25, 0.3) is 0 Å². The van der Waals surface area contributed by atoms with Crippen molar-refractivity contribution in [3.8, 4) is 5.88 Å². The standard InChI is InChI=1S/C23H28N6O4S/c1-17-7-9-19(10-8-17)34(31,32)28-21-23(33-16-18-6-4-11-24-14-18)27-20(15-26-21)22(30)25-12-5-13-29(2)3/h4,6-11,14-15H,5,12-13,16H2,1-3H3,(H,25,30)(H,26,28). The van der Waals surface area contributed by atoms with E-state index in [2.05, 4.69) is 25.0 Å². The van der Waals surface area contributed by atoms with Crippen LogP contribution in [0.3, 0.4) is 0 Å². The summed E-state index contributed by atoms with van der Waals surface area (Å²) in [5, 5.41) is 2.78. The van der Waals surface area contributed by atoms with E-state index >= 15 is 0 Å². The van der Waals surface area contributed by atoms with Crippen LogP contribution in [0.5, 0.6) is 5.88 Å². The van der Waals surface area contributed by atoms with Crippen molar-refractivity contribution in [1.82, 2.24) is 25.2 Å². The molecule has 1 aromatic carbocycles. The summed E-state index contributed by atoms with van der Waals surface area (Å²) in [5.74, 6) is -0.653. The summed E-state index contributed by atoms with van der Waals surface area (Å²) in [6.07, 6.45) is 5.23. The van der Waals surface area contributed by atoms with Crippen LogP contribution >= 0.6 is 0 Å². The Morgan fingerprint density at radius 3 is 2.56 bits per heavy atom. The quantitative estimate of drug-likeness (QED) is 0.397. The van der Waals surface area contributed by atoms with Crippen molar-refractivity contribution in [2.75, 3.05) is 31.9 Å². The third-order valence-corrected chi connectivity index (χ3v) is 6.06. The minimum Gasteiger partial charge on any atom is -0.470 e. The number of hydrogen-bond acceptors (Lipinski definition) is 8. The van der Waals surface area contributed by atoms with Gasteiger partial charge in [-0.2, -0.15) is 0 Å². The number of nitrogens with one attached hydrogen (secondary N) is 2. The zero-order valence-corrected chi connectivity index (χ0v) is 20.2. The molecule has 2 aromatic heterocycles. The molecule has 0 radical (unpaired) electrons. The van der Waals surface area contributed by atoms with Gasteiger partial charge < -0.3 is 15.0 Å². The zero-order valence-electron chi connectivity index (χ0n) is 19.4. The first-order chi connectivity index (χ1) is 16.2. The molecule has 34 heavy (non-hydrogen) atoms. The van der Waals surface area contributed by atoms with Crippen molar-refractivity contribution < 1.29 is 17.9 Å². The van der Waals surface area contributed by atoms with Crippen molar-refractivity contribution in [3.05, 3.63) is 71.8 Å². The van der Waals surface area contributed by atoms with E-state index in [9.17, 15) is 13.2 Å². The molecule has 2 N–H and O–H groups in total. The summed E-state index contributed by atoms with van der Waals surface area (Å²) < 4.78 is 33.9. The number of aryl methyl sites for hydroxylation is 1. The molecule has 180 valence electrons. The van der Waals surface area contributed by atoms with Crippen LogP contribution in [0.1, 0.15) is 28.0 Å². The van der Waals surface area contributed by atoms with Gasteiger partial charge in [-0.05, 0) is 52.2 Å². The summed E-state index contributed by atoms with van der Waals surface area (Å²) >= 11 is 0. The monoisotopic (exact) mass is 484 g/mol. The first-order valence-corrected chi connectivity index (χ1v) is 12.1. The van der Waals surface area contributed by atoms with Gasteiger partial charge in [0.1, 0.15) is 6.61 Å². The molecule has 3 rings (SSSR count). The number of amides is 1. The molecule has 0 saturated heterocycles. The van der Waals surface area contributed by atoms with Crippen molar-refractivity contribution in [2.45, 2.75) is 24.8 Å². The normalized spacial score (nSPS) is 11.3. The smallest absolute Gasteiger partial charge is 0.271 e. The molecule has 0 aliphatic carbocycles. The van der Waals surface area contributed by atoms with E-state index in [-0.39, 0.29) is 28.9 Å². The molecule has 0 aliphatic rings. The van der Waals surface area contributed by atoms with Gasteiger partial charge in [-0.15, -0.1) is 0 Å². The summed E-state index contributed by atoms with van der Waals surface area (Å²) in [6, 6.07) is 9.95. The van der Waals surface area contributed by atoms with E-state index in [0.717, 1.165) is 24.1 Å². The van der Waals surface area contributed by atoms with Gasteiger partial charge in [0.15, 0.2) is 5.69 Å². The number of pyridine rings is 1. The van der Waals surface area contributed by atoms with Gasteiger partial charge in [0, 0.05) is 24.5 Å². The molecule has 1 amide bonds. The highest BCUT2D eigenvalue weighted by Crippen LogP contribution is 2.24.